The van der Waals surface area contributed by atoms with E-state index in [0.29, 0.717) is 6.04 Å². The first-order valence-electron chi connectivity index (χ1n) is 7.02. The van der Waals surface area contributed by atoms with Crippen LogP contribution in [0.15, 0.2) is 30.5 Å². The summed E-state index contributed by atoms with van der Waals surface area (Å²) in [6.07, 6.45) is 5.16. The number of aryl methyl sites for hydroxylation is 1. The monoisotopic (exact) mass is 287 g/mol. The fraction of sp³-hybridized carbons (Fsp3) is 0.375. The zero-order chi connectivity index (χ0) is 13.9. The molecule has 1 aromatic carbocycles. The molecule has 4 heteroatoms. The minimum Gasteiger partial charge on any atom is -0.307 e. The van der Waals surface area contributed by atoms with Crippen LogP contribution >= 0.6 is 11.6 Å². The minimum absolute atomic E-state index is 0.332. The molecule has 0 aliphatic carbocycles. The number of hydrogen-bond acceptors (Lipinski definition) is 3. The second-order valence-corrected chi connectivity index (χ2v) is 5.73. The maximum Gasteiger partial charge on any atom is 0.145 e. The molecule has 3 nitrogen and oxygen atoms in total. The lowest BCUT2D eigenvalue weighted by Crippen LogP contribution is -2.16. The van der Waals surface area contributed by atoms with Crippen molar-refractivity contribution in [3.8, 4) is 0 Å². The average molecular weight is 288 g/mol. The largest absolute Gasteiger partial charge is 0.307 e. The minimum atomic E-state index is 0.332. The lowest BCUT2D eigenvalue weighted by molar-refractivity contribution is 0.600. The first kappa shape index (κ1) is 13.5. The van der Waals surface area contributed by atoms with E-state index in [0.717, 1.165) is 35.9 Å². The standard InChI is InChI=1S/C16H18ClN3/c1-11-13(9-12-4-6-14(17)7-5-12)10-19-16(20-11)15-3-2-8-18-15/h4-7,10,15,18H,2-3,8-9H2,1H3. The summed E-state index contributed by atoms with van der Waals surface area (Å²) in [5.41, 5.74) is 3.47. The van der Waals surface area contributed by atoms with Crippen LogP contribution in [-0.2, 0) is 6.42 Å². The van der Waals surface area contributed by atoms with Crippen LogP contribution < -0.4 is 5.32 Å². The Morgan fingerprint density at radius 3 is 2.75 bits per heavy atom. The van der Waals surface area contributed by atoms with Gasteiger partial charge in [0.05, 0.1) is 6.04 Å². The molecule has 1 fully saturated rings. The van der Waals surface area contributed by atoms with Crippen LogP contribution in [0.25, 0.3) is 0 Å². The second-order valence-electron chi connectivity index (χ2n) is 5.29. The Morgan fingerprint density at radius 2 is 2.10 bits per heavy atom. The van der Waals surface area contributed by atoms with Crippen molar-refractivity contribution in [1.82, 2.24) is 15.3 Å². The Morgan fingerprint density at radius 1 is 1.30 bits per heavy atom. The fourth-order valence-corrected chi connectivity index (χ4v) is 2.70. The average Bonchev–Trinajstić information content (AvgIpc) is 2.97. The zero-order valence-electron chi connectivity index (χ0n) is 11.6. The van der Waals surface area contributed by atoms with Gasteiger partial charge in [-0.2, -0.15) is 0 Å². The lowest BCUT2D eigenvalue weighted by atomic mass is 10.1. The molecule has 1 aliphatic heterocycles. The predicted molar refractivity (Wildman–Crippen MR) is 81.0 cm³/mol. The van der Waals surface area contributed by atoms with Crippen molar-refractivity contribution in [2.45, 2.75) is 32.2 Å². The van der Waals surface area contributed by atoms with Gasteiger partial charge in [0.25, 0.3) is 0 Å². The van der Waals surface area contributed by atoms with E-state index in [1.807, 2.05) is 30.5 Å². The molecule has 1 atom stereocenters. The van der Waals surface area contributed by atoms with E-state index in [1.54, 1.807) is 0 Å². The molecule has 0 spiro atoms. The molecule has 0 saturated carbocycles. The number of nitrogens with one attached hydrogen (secondary N) is 1. The van der Waals surface area contributed by atoms with E-state index in [-0.39, 0.29) is 0 Å². The van der Waals surface area contributed by atoms with E-state index in [1.165, 1.54) is 17.5 Å². The fourth-order valence-electron chi connectivity index (χ4n) is 2.58. The van der Waals surface area contributed by atoms with Crippen LogP contribution in [0.2, 0.25) is 5.02 Å². The number of nitrogens with zero attached hydrogens (tertiary/aromatic N) is 2. The van der Waals surface area contributed by atoms with Crippen molar-refractivity contribution >= 4 is 11.6 Å². The molecule has 104 valence electrons. The van der Waals surface area contributed by atoms with Crippen LogP contribution in [0.4, 0.5) is 0 Å². The van der Waals surface area contributed by atoms with E-state index in [2.05, 4.69) is 22.2 Å². The summed E-state index contributed by atoms with van der Waals surface area (Å²) in [6.45, 7) is 3.13. The maximum absolute atomic E-state index is 5.91. The normalized spacial score (nSPS) is 18.4. The third-order valence-corrected chi connectivity index (χ3v) is 4.03. The highest BCUT2D eigenvalue weighted by Gasteiger charge is 2.19. The molecule has 1 saturated heterocycles. The number of benzene rings is 1. The second kappa shape index (κ2) is 5.90. The zero-order valence-corrected chi connectivity index (χ0v) is 12.3. The van der Waals surface area contributed by atoms with Gasteiger partial charge < -0.3 is 5.32 Å². The van der Waals surface area contributed by atoms with Crippen LogP contribution in [0.3, 0.4) is 0 Å². The van der Waals surface area contributed by atoms with Crippen molar-refractivity contribution in [3.63, 3.8) is 0 Å². The number of hydrogen-bond donors (Lipinski definition) is 1. The highest BCUT2D eigenvalue weighted by molar-refractivity contribution is 6.30. The maximum atomic E-state index is 5.91. The summed E-state index contributed by atoms with van der Waals surface area (Å²) in [6, 6.07) is 8.27. The number of rotatable bonds is 3. The van der Waals surface area contributed by atoms with E-state index >= 15 is 0 Å². The van der Waals surface area contributed by atoms with Crippen LogP contribution in [0.1, 0.15) is 41.5 Å². The molecule has 2 aromatic rings. The van der Waals surface area contributed by atoms with Gasteiger partial charge in [0, 0.05) is 23.3 Å². The summed E-state index contributed by atoms with van der Waals surface area (Å²) < 4.78 is 0. The third-order valence-electron chi connectivity index (χ3n) is 3.78. The van der Waals surface area contributed by atoms with Gasteiger partial charge in [-0.05, 0) is 49.6 Å². The summed E-state index contributed by atoms with van der Waals surface area (Å²) in [5.74, 6) is 0.930. The Balaban J connectivity index is 1.78. The lowest BCUT2D eigenvalue weighted by Gasteiger charge is -2.11. The van der Waals surface area contributed by atoms with Gasteiger partial charge >= 0.3 is 0 Å². The summed E-state index contributed by atoms with van der Waals surface area (Å²) in [7, 11) is 0. The van der Waals surface area contributed by atoms with Gasteiger partial charge in [-0.15, -0.1) is 0 Å². The molecule has 1 aliphatic rings. The van der Waals surface area contributed by atoms with E-state index in [4.69, 9.17) is 11.6 Å². The van der Waals surface area contributed by atoms with Crippen molar-refractivity contribution in [1.29, 1.82) is 0 Å². The van der Waals surface area contributed by atoms with Gasteiger partial charge in [-0.25, -0.2) is 9.97 Å². The molecule has 1 aromatic heterocycles. The summed E-state index contributed by atoms with van der Waals surface area (Å²) in [5, 5.41) is 4.20. The van der Waals surface area contributed by atoms with Gasteiger partial charge in [0.15, 0.2) is 0 Å². The molecular weight excluding hydrogens is 270 g/mol. The first-order valence-corrected chi connectivity index (χ1v) is 7.40. The summed E-state index contributed by atoms with van der Waals surface area (Å²) in [4.78, 5) is 9.20. The number of aromatic nitrogens is 2. The third kappa shape index (κ3) is 3.00. The quantitative estimate of drug-likeness (QED) is 0.939. The molecule has 1 unspecified atom stereocenters. The Hall–Kier alpha value is -1.45. The Kier molecular flexibility index (Phi) is 3.99. The topological polar surface area (TPSA) is 37.8 Å². The van der Waals surface area contributed by atoms with Gasteiger partial charge in [-0.1, -0.05) is 23.7 Å². The van der Waals surface area contributed by atoms with Gasteiger partial charge in [0.1, 0.15) is 5.82 Å². The van der Waals surface area contributed by atoms with E-state index in [9.17, 15) is 0 Å². The smallest absolute Gasteiger partial charge is 0.145 e. The molecule has 0 amide bonds. The first-order chi connectivity index (χ1) is 9.72. The van der Waals surface area contributed by atoms with Crippen LogP contribution in [-0.4, -0.2) is 16.5 Å². The Labute approximate surface area is 124 Å². The van der Waals surface area contributed by atoms with Crippen LogP contribution in [0.5, 0.6) is 0 Å². The van der Waals surface area contributed by atoms with Crippen LogP contribution in [0, 0.1) is 6.92 Å². The molecule has 2 heterocycles. The van der Waals surface area contributed by atoms with Crippen molar-refractivity contribution in [2.24, 2.45) is 0 Å². The van der Waals surface area contributed by atoms with Crippen molar-refractivity contribution in [2.75, 3.05) is 6.54 Å². The van der Waals surface area contributed by atoms with Crippen molar-refractivity contribution < 1.29 is 0 Å². The highest BCUT2D eigenvalue weighted by Crippen LogP contribution is 2.21. The molecule has 0 bridgehead atoms. The van der Waals surface area contributed by atoms with Gasteiger partial charge in [0.2, 0.25) is 0 Å². The summed E-state index contributed by atoms with van der Waals surface area (Å²) >= 11 is 5.91. The highest BCUT2D eigenvalue weighted by atomic mass is 35.5. The van der Waals surface area contributed by atoms with E-state index < -0.39 is 0 Å². The molecule has 1 N–H and O–H groups in total. The molecule has 3 rings (SSSR count). The predicted octanol–water partition coefficient (Wildman–Crippen LogP) is 3.45. The molecular formula is C16H18ClN3. The SMILES string of the molecule is Cc1nc(C2CCCN2)ncc1Cc1ccc(Cl)cc1. The van der Waals surface area contributed by atoms with Gasteiger partial charge in [-0.3, -0.25) is 0 Å². The Bertz CT molecular complexity index is 589. The molecule has 0 radical (unpaired) electrons. The number of halogens is 1. The van der Waals surface area contributed by atoms with Crippen molar-refractivity contribution in [3.05, 3.63) is 58.1 Å². The molecule has 20 heavy (non-hydrogen) atoms.